The van der Waals surface area contributed by atoms with Crippen molar-refractivity contribution < 1.29 is 28.2 Å². The Morgan fingerprint density at radius 1 is 1.21 bits per heavy atom. The van der Waals surface area contributed by atoms with Crippen LogP contribution in [-0.2, 0) is 4.74 Å². The maximum Gasteiger partial charge on any atom is 0.320 e. The van der Waals surface area contributed by atoms with Crippen molar-refractivity contribution in [3.63, 3.8) is 0 Å². The summed E-state index contributed by atoms with van der Waals surface area (Å²) in [6.45, 7) is 3.68. The number of halogens is 3. The molecule has 1 aliphatic rings. The number of rotatable bonds is 10. The van der Waals surface area contributed by atoms with E-state index in [1.807, 2.05) is 30.3 Å². The number of benzene rings is 2. The molecule has 0 radical (unpaired) electrons. The number of ether oxygens (including phenoxy) is 2. The van der Waals surface area contributed by atoms with Crippen LogP contribution in [0.2, 0.25) is 0 Å². The summed E-state index contributed by atoms with van der Waals surface area (Å²) in [5.41, 5.74) is 1.15. The van der Waals surface area contributed by atoms with E-state index in [0.717, 1.165) is 6.07 Å². The second-order valence-electron chi connectivity index (χ2n) is 9.14. The molecule has 9 nitrogen and oxygen atoms in total. The van der Waals surface area contributed by atoms with Crippen molar-refractivity contribution in [3.05, 3.63) is 70.2 Å². The SMILES string of the molecule is COCCN1C[C@@H](NC(=O)Nc2c(Br)c(OC[C@@H](C)O)nn2-c2ccccc2)[C@H](c2cc(F)cc(F)c2)C1. The Kier molecular flexibility index (Phi) is 9.31. The summed E-state index contributed by atoms with van der Waals surface area (Å²) in [4.78, 5) is 15.3. The first-order valence-electron chi connectivity index (χ1n) is 12.1. The summed E-state index contributed by atoms with van der Waals surface area (Å²) in [7, 11) is 1.60. The van der Waals surface area contributed by atoms with E-state index in [4.69, 9.17) is 9.47 Å². The Morgan fingerprint density at radius 2 is 1.92 bits per heavy atom. The van der Waals surface area contributed by atoms with Crippen molar-refractivity contribution in [2.75, 3.05) is 45.3 Å². The number of para-hydroxylation sites is 1. The molecule has 1 fully saturated rings. The monoisotopic (exact) mass is 593 g/mol. The number of urea groups is 1. The quantitative estimate of drug-likeness (QED) is 0.329. The number of anilines is 1. The number of likely N-dealkylation sites (tertiary alicyclic amines) is 1. The first-order chi connectivity index (χ1) is 18.2. The largest absolute Gasteiger partial charge is 0.473 e. The molecule has 0 bridgehead atoms. The number of nitrogens with zero attached hydrogens (tertiary/aromatic N) is 3. The topological polar surface area (TPSA) is 101 Å². The van der Waals surface area contributed by atoms with E-state index in [9.17, 15) is 18.7 Å². The van der Waals surface area contributed by atoms with E-state index in [2.05, 4.69) is 36.6 Å². The van der Waals surface area contributed by atoms with Gasteiger partial charge in [-0.2, -0.15) is 0 Å². The number of methoxy groups -OCH3 is 1. The van der Waals surface area contributed by atoms with E-state index < -0.39 is 29.8 Å². The first-order valence-corrected chi connectivity index (χ1v) is 12.9. The van der Waals surface area contributed by atoms with Crippen LogP contribution in [0.25, 0.3) is 5.69 Å². The van der Waals surface area contributed by atoms with Crippen molar-refractivity contribution in [3.8, 4) is 11.6 Å². The Labute approximate surface area is 227 Å². The predicted molar refractivity (Wildman–Crippen MR) is 142 cm³/mol. The third-order valence-corrected chi connectivity index (χ3v) is 6.84. The Hall–Kier alpha value is -3.06. The van der Waals surface area contributed by atoms with Crippen molar-refractivity contribution in [1.82, 2.24) is 20.0 Å². The van der Waals surface area contributed by atoms with Crippen molar-refractivity contribution >= 4 is 27.8 Å². The van der Waals surface area contributed by atoms with Crippen molar-refractivity contribution in [1.29, 1.82) is 0 Å². The maximum atomic E-state index is 14.0. The Bertz CT molecular complexity index is 1220. The Morgan fingerprint density at radius 3 is 2.58 bits per heavy atom. The molecule has 1 saturated heterocycles. The van der Waals surface area contributed by atoms with Gasteiger partial charge in [0.05, 0.1) is 24.4 Å². The van der Waals surface area contributed by atoms with Gasteiger partial charge in [0.15, 0.2) is 5.82 Å². The van der Waals surface area contributed by atoms with Gasteiger partial charge in [0.2, 0.25) is 5.88 Å². The summed E-state index contributed by atoms with van der Waals surface area (Å²) in [5.74, 6) is -1.16. The van der Waals surface area contributed by atoms with Gasteiger partial charge >= 0.3 is 6.03 Å². The zero-order valence-electron chi connectivity index (χ0n) is 21.0. The molecular formula is C26H30BrF2N5O4. The van der Waals surface area contributed by atoms with Gasteiger partial charge < -0.3 is 19.9 Å². The van der Waals surface area contributed by atoms with Gasteiger partial charge in [0, 0.05) is 38.7 Å². The second-order valence-corrected chi connectivity index (χ2v) is 9.93. The molecule has 1 aliphatic heterocycles. The highest BCUT2D eigenvalue weighted by molar-refractivity contribution is 9.10. The molecule has 1 aromatic heterocycles. The molecule has 12 heteroatoms. The molecule has 0 spiro atoms. The highest BCUT2D eigenvalue weighted by Crippen LogP contribution is 2.35. The van der Waals surface area contributed by atoms with Gasteiger partial charge in [0.1, 0.15) is 22.7 Å². The molecule has 0 aliphatic carbocycles. The molecule has 2 amide bonds. The van der Waals surface area contributed by atoms with Gasteiger partial charge in [-0.15, -0.1) is 5.10 Å². The molecule has 204 valence electrons. The molecule has 2 heterocycles. The minimum absolute atomic E-state index is 0.0152. The molecule has 0 saturated carbocycles. The third kappa shape index (κ3) is 6.87. The number of aromatic nitrogens is 2. The minimum Gasteiger partial charge on any atom is -0.473 e. The molecule has 2 aromatic carbocycles. The van der Waals surface area contributed by atoms with Crippen molar-refractivity contribution in [2.24, 2.45) is 0 Å². The summed E-state index contributed by atoms with van der Waals surface area (Å²) in [6, 6.07) is 11.6. The fraction of sp³-hybridized carbons (Fsp3) is 0.385. The first kappa shape index (κ1) is 28.0. The second kappa shape index (κ2) is 12.7. The van der Waals surface area contributed by atoms with Gasteiger partial charge in [-0.3, -0.25) is 10.2 Å². The number of aliphatic hydroxyl groups is 1. The van der Waals surface area contributed by atoms with Gasteiger partial charge in [-0.05, 0) is 52.7 Å². The molecular weight excluding hydrogens is 564 g/mol. The number of nitrogens with one attached hydrogen (secondary N) is 2. The molecule has 3 N–H and O–H groups in total. The van der Waals surface area contributed by atoms with Crippen LogP contribution < -0.4 is 15.4 Å². The molecule has 3 aromatic rings. The van der Waals surface area contributed by atoms with E-state index in [1.165, 1.54) is 16.8 Å². The van der Waals surface area contributed by atoms with E-state index in [0.29, 0.717) is 47.8 Å². The van der Waals surface area contributed by atoms with Crippen LogP contribution in [0.5, 0.6) is 5.88 Å². The lowest BCUT2D eigenvalue weighted by Gasteiger charge is -2.21. The maximum absolute atomic E-state index is 14.0. The minimum atomic E-state index is -0.712. The number of hydrogen-bond acceptors (Lipinski definition) is 6. The van der Waals surface area contributed by atoms with Crippen LogP contribution >= 0.6 is 15.9 Å². The van der Waals surface area contributed by atoms with Gasteiger partial charge in [0.25, 0.3) is 0 Å². The van der Waals surface area contributed by atoms with Crippen LogP contribution in [0, 0.1) is 11.6 Å². The summed E-state index contributed by atoms with van der Waals surface area (Å²) in [6.07, 6.45) is -0.712. The zero-order valence-corrected chi connectivity index (χ0v) is 22.6. The average Bonchev–Trinajstić information content (AvgIpc) is 3.42. The smallest absolute Gasteiger partial charge is 0.320 e. The van der Waals surface area contributed by atoms with Crippen molar-refractivity contribution in [2.45, 2.75) is 25.0 Å². The van der Waals surface area contributed by atoms with E-state index in [-0.39, 0.29) is 18.4 Å². The third-order valence-electron chi connectivity index (χ3n) is 6.13. The van der Waals surface area contributed by atoms with Gasteiger partial charge in [-0.25, -0.2) is 18.3 Å². The fourth-order valence-corrected chi connectivity index (χ4v) is 4.87. The molecule has 4 rings (SSSR count). The van der Waals surface area contributed by atoms with E-state index >= 15 is 0 Å². The van der Waals surface area contributed by atoms with Crippen LogP contribution in [0.3, 0.4) is 0 Å². The Balaban J connectivity index is 1.57. The average molecular weight is 594 g/mol. The summed E-state index contributed by atoms with van der Waals surface area (Å²) >= 11 is 3.46. The summed E-state index contributed by atoms with van der Waals surface area (Å²) < 4.78 is 40.7. The van der Waals surface area contributed by atoms with Crippen LogP contribution in [-0.4, -0.2) is 77.9 Å². The van der Waals surface area contributed by atoms with E-state index in [1.54, 1.807) is 14.0 Å². The van der Waals surface area contributed by atoms with Gasteiger partial charge in [-0.1, -0.05) is 18.2 Å². The number of aliphatic hydroxyl groups excluding tert-OH is 1. The molecule has 3 atom stereocenters. The molecule has 0 unspecified atom stereocenters. The normalized spacial score (nSPS) is 18.4. The predicted octanol–water partition coefficient (Wildman–Crippen LogP) is 3.91. The standard InChI is InChI=1S/C26H30BrF2N5O4/c1-16(35)15-38-25-23(27)24(34(32-25)20-6-4-3-5-7-20)31-26(36)30-22-14-33(8-9-37-2)13-21(22)17-10-18(28)12-19(29)11-17/h3-7,10-12,16,21-22,35H,8-9,13-15H2,1-2H3,(H2,30,31,36)/t16-,21+,22-/m1/s1. The number of amides is 2. The van der Waals surface area contributed by atoms with Crippen LogP contribution in [0.15, 0.2) is 53.0 Å². The summed E-state index contributed by atoms with van der Waals surface area (Å²) in [5, 5.41) is 19.9. The highest BCUT2D eigenvalue weighted by atomic mass is 79.9. The van der Waals surface area contributed by atoms with Crippen LogP contribution in [0.1, 0.15) is 18.4 Å². The van der Waals surface area contributed by atoms with Crippen LogP contribution in [0.4, 0.5) is 19.4 Å². The number of carbonyl (C=O) groups is 1. The zero-order chi connectivity index (χ0) is 27.2. The number of carbonyl (C=O) groups excluding carboxylic acids is 1. The lowest BCUT2D eigenvalue weighted by atomic mass is 9.94. The lowest BCUT2D eigenvalue weighted by Crippen LogP contribution is -2.42. The fourth-order valence-electron chi connectivity index (χ4n) is 4.41. The lowest BCUT2D eigenvalue weighted by molar-refractivity contribution is 0.119. The number of hydrogen-bond donors (Lipinski definition) is 3. The highest BCUT2D eigenvalue weighted by Gasteiger charge is 2.35. The molecule has 38 heavy (non-hydrogen) atoms.